The van der Waals surface area contributed by atoms with Gasteiger partial charge in [-0.05, 0) is 65.1 Å². The van der Waals surface area contributed by atoms with Crippen LogP contribution in [-0.4, -0.2) is 12.8 Å². The van der Waals surface area contributed by atoms with Gasteiger partial charge in [-0.1, -0.05) is 28.6 Å². The first-order valence-electron chi connectivity index (χ1n) is 6.02. The minimum absolute atomic E-state index is 0.485. The zero-order valence-electron chi connectivity index (χ0n) is 10.7. The molecule has 2 aromatic rings. The quantitative estimate of drug-likeness (QED) is 0.347. The third-order valence-corrected chi connectivity index (χ3v) is 3.71. The van der Waals surface area contributed by atoms with Crippen LogP contribution in [0.25, 0.3) is 0 Å². The number of aliphatic imine (C=N–C) groups is 1. The molecule has 0 spiro atoms. The van der Waals surface area contributed by atoms with Gasteiger partial charge in [0, 0.05) is 19.8 Å². The first-order chi connectivity index (χ1) is 9.69. The van der Waals surface area contributed by atoms with Crippen LogP contribution in [0.15, 0.2) is 64.6 Å². The number of ether oxygens (including phenoxy) is 1. The molecule has 0 aromatic heterocycles. The third kappa shape index (κ3) is 4.45. The largest absolute Gasteiger partial charge is 0.489 e. The molecular formula is C16H13BrINO. The van der Waals surface area contributed by atoms with E-state index in [0.717, 1.165) is 25.0 Å². The molecule has 0 radical (unpaired) electrons. The number of rotatable bonds is 5. The van der Waals surface area contributed by atoms with E-state index < -0.39 is 0 Å². The van der Waals surface area contributed by atoms with Gasteiger partial charge in [-0.2, -0.15) is 0 Å². The van der Waals surface area contributed by atoms with E-state index in [4.69, 9.17) is 4.74 Å². The number of nitrogens with zero attached hydrogens (tertiary/aromatic N) is 1. The maximum Gasteiger partial charge on any atom is 0.129 e. The summed E-state index contributed by atoms with van der Waals surface area (Å²) in [5, 5.41) is 0. The van der Waals surface area contributed by atoms with Crippen LogP contribution in [0.3, 0.4) is 0 Å². The summed E-state index contributed by atoms with van der Waals surface area (Å²) in [6, 6.07) is 13.9. The standard InChI is InChI=1S/C16H13BrINO/c1-2-9-20-16-10-14(18)6-3-12(16)11-19-15-7-4-13(17)5-8-15/h2-8,10-11H,1,9H2. The van der Waals surface area contributed by atoms with Crippen LogP contribution in [0, 0.1) is 3.57 Å². The van der Waals surface area contributed by atoms with Gasteiger partial charge in [0.05, 0.1) is 5.69 Å². The summed E-state index contributed by atoms with van der Waals surface area (Å²) in [7, 11) is 0. The molecule has 0 unspecified atom stereocenters. The zero-order chi connectivity index (χ0) is 14.4. The fourth-order valence-electron chi connectivity index (χ4n) is 1.56. The lowest BCUT2D eigenvalue weighted by Crippen LogP contribution is -1.97. The van der Waals surface area contributed by atoms with Gasteiger partial charge in [0.2, 0.25) is 0 Å². The van der Waals surface area contributed by atoms with E-state index >= 15 is 0 Å². The van der Waals surface area contributed by atoms with Crippen LogP contribution >= 0.6 is 38.5 Å². The summed E-state index contributed by atoms with van der Waals surface area (Å²) >= 11 is 5.67. The second kappa shape index (κ2) is 7.59. The Labute approximate surface area is 140 Å². The Balaban J connectivity index is 2.23. The molecule has 20 heavy (non-hydrogen) atoms. The Bertz CT molecular complexity index is 623. The van der Waals surface area contributed by atoms with E-state index in [2.05, 4.69) is 50.1 Å². The number of benzene rings is 2. The van der Waals surface area contributed by atoms with Gasteiger partial charge < -0.3 is 4.74 Å². The zero-order valence-corrected chi connectivity index (χ0v) is 14.5. The molecule has 0 aliphatic rings. The Hall–Kier alpha value is -1.14. The fraction of sp³-hybridized carbons (Fsp3) is 0.0625. The molecular weight excluding hydrogens is 429 g/mol. The Morgan fingerprint density at radius 2 is 1.95 bits per heavy atom. The number of hydrogen-bond donors (Lipinski definition) is 0. The van der Waals surface area contributed by atoms with Crippen LogP contribution in [0.5, 0.6) is 5.75 Å². The van der Waals surface area contributed by atoms with Crippen molar-refractivity contribution < 1.29 is 4.74 Å². The molecule has 0 heterocycles. The van der Waals surface area contributed by atoms with Crippen molar-refractivity contribution in [3.8, 4) is 5.75 Å². The molecule has 0 saturated carbocycles. The summed E-state index contributed by atoms with van der Waals surface area (Å²) in [6.07, 6.45) is 3.55. The summed E-state index contributed by atoms with van der Waals surface area (Å²) in [6.45, 7) is 4.15. The lowest BCUT2D eigenvalue weighted by Gasteiger charge is -2.07. The lowest BCUT2D eigenvalue weighted by molar-refractivity contribution is 0.362. The highest BCUT2D eigenvalue weighted by atomic mass is 127. The van der Waals surface area contributed by atoms with Gasteiger partial charge in [0.25, 0.3) is 0 Å². The molecule has 2 nitrogen and oxygen atoms in total. The minimum Gasteiger partial charge on any atom is -0.489 e. The van der Waals surface area contributed by atoms with E-state index in [9.17, 15) is 0 Å². The summed E-state index contributed by atoms with van der Waals surface area (Å²) in [5.41, 5.74) is 1.86. The molecule has 102 valence electrons. The molecule has 0 atom stereocenters. The van der Waals surface area contributed by atoms with Crippen molar-refractivity contribution >= 4 is 50.4 Å². The number of halogens is 2. The van der Waals surface area contributed by atoms with Crippen molar-refractivity contribution in [1.82, 2.24) is 0 Å². The van der Waals surface area contributed by atoms with Crippen LogP contribution in [-0.2, 0) is 0 Å². The van der Waals surface area contributed by atoms with E-state index in [1.165, 1.54) is 0 Å². The highest BCUT2D eigenvalue weighted by molar-refractivity contribution is 14.1. The van der Waals surface area contributed by atoms with Crippen molar-refractivity contribution in [3.05, 3.63) is 68.7 Å². The molecule has 0 amide bonds. The monoisotopic (exact) mass is 441 g/mol. The molecule has 0 N–H and O–H groups in total. The Morgan fingerprint density at radius 3 is 2.65 bits per heavy atom. The van der Waals surface area contributed by atoms with Crippen molar-refractivity contribution in [2.75, 3.05) is 6.61 Å². The maximum absolute atomic E-state index is 5.65. The van der Waals surface area contributed by atoms with Gasteiger partial charge in [-0.25, -0.2) is 0 Å². The fourth-order valence-corrected chi connectivity index (χ4v) is 2.29. The van der Waals surface area contributed by atoms with Gasteiger partial charge >= 0.3 is 0 Å². The van der Waals surface area contributed by atoms with Crippen molar-refractivity contribution in [2.45, 2.75) is 0 Å². The van der Waals surface area contributed by atoms with Crippen LogP contribution < -0.4 is 4.74 Å². The maximum atomic E-state index is 5.65. The molecule has 2 aromatic carbocycles. The predicted octanol–water partition coefficient (Wildman–Crippen LogP) is 5.37. The average molecular weight is 442 g/mol. The lowest BCUT2D eigenvalue weighted by atomic mass is 10.2. The van der Waals surface area contributed by atoms with Gasteiger partial charge in [-0.15, -0.1) is 0 Å². The molecule has 0 fully saturated rings. The first-order valence-corrected chi connectivity index (χ1v) is 7.89. The summed E-state index contributed by atoms with van der Waals surface area (Å²) < 4.78 is 7.82. The van der Waals surface area contributed by atoms with Gasteiger partial charge in [-0.3, -0.25) is 4.99 Å². The molecule has 0 aliphatic heterocycles. The molecule has 0 saturated heterocycles. The normalized spacial score (nSPS) is 10.7. The molecule has 0 aliphatic carbocycles. The van der Waals surface area contributed by atoms with Crippen molar-refractivity contribution in [1.29, 1.82) is 0 Å². The first kappa shape index (κ1) is 15.3. The van der Waals surface area contributed by atoms with Crippen molar-refractivity contribution in [2.24, 2.45) is 4.99 Å². The molecule has 4 heteroatoms. The second-order valence-corrected chi connectivity index (χ2v) is 6.18. The Kier molecular flexibility index (Phi) is 5.79. The van der Waals surface area contributed by atoms with E-state index in [1.54, 1.807) is 6.08 Å². The van der Waals surface area contributed by atoms with Crippen molar-refractivity contribution in [3.63, 3.8) is 0 Å². The van der Waals surface area contributed by atoms with E-state index in [-0.39, 0.29) is 0 Å². The van der Waals surface area contributed by atoms with Crippen LogP contribution in [0.1, 0.15) is 5.56 Å². The highest BCUT2D eigenvalue weighted by Gasteiger charge is 2.02. The molecule has 0 bridgehead atoms. The highest BCUT2D eigenvalue weighted by Crippen LogP contribution is 2.22. The van der Waals surface area contributed by atoms with E-state index in [1.807, 2.05) is 48.7 Å². The number of hydrogen-bond acceptors (Lipinski definition) is 2. The van der Waals surface area contributed by atoms with Crippen LogP contribution in [0.2, 0.25) is 0 Å². The third-order valence-electron chi connectivity index (χ3n) is 2.51. The molecule has 2 rings (SSSR count). The summed E-state index contributed by atoms with van der Waals surface area (Å²) in [4.78, 5) is 4.46. The van der Waals surface area contributed by atoms with Crippen LogP contribution in [0.4, 0.5) is 5.69 Å². The SMILES string of the molecule is C=CCOc1cc(I)ccc1C=Nc1ccc(Br)cc1. The van der Waals surface area contributed by atoms with E-state index in [0.29, 0.717) is 6.61 Å². The summed E-state index contributed by atoms with van der Waals surface area (Å²) in [5.74, 6) is 0.817. The topological polar surface area (TPSA) is 21.6 Å². The van der Waals surface area contributed by atoms with Gasteiger partial charge in [0.1, 0.15) is 12.4 Å². The smallest absolute Gasteiger partial charge is 0.129 e. The Morgan fingerprint density at radius 1 is 1.20 bits per heavy atom. The average Bonchev–Trinajstić information content (AvgIpc) is 2.46. The van der Waals surface area contributed by atoms with Gasteiger partial charge in [0.15, 0.2) is 0 Å². The second-order valence-electron chi connectivity index (χ2n) is 4.02. The predicted molar refractivity (Wildman–Crippen MR) is 96.2 cm³/mol. The minimum atomic E-state index is 0.485.